The molecule has 1 aliphatic carbocycles. The van der Waals surface area contributed by atoms with Crippen LogP contribution in [0.3, 0.4) is 0 Å². The van der Waals surface area contributed by atoms with Gasteiger partial charge in [0.05, 0.1) is 17.7 Å². The molecule has 1 aliphatic rings. The fraction of sp³-hybridized carbons (Fsp3) is 0.625. The van der Waals surface area contributed by atoms with Gasteiger partial charge in [-0.2, -0.15) is 0 Å². The van der Waals surface area contributed by atoms with Crippen molar-refractivity contribution in [1.29, 1.82) is 0 Å². The molecular weight excluding hydrogens is 290 g/mol. The molecule has 0 amide bonds. The minimum absolute atomic E-state index is 0.156. The van der Waals surface area contributed by atoms with Crippen molar-refractivity contribution in [3.05, 3.63) is 28.8 Å². The van der Waals surface area contributed by atoms with Gasteiger partial charge < -0.3 is 19.9 Å². The molecule has 21 heavy (non-hydrogen) atoms. The molecule has 1 fully saturated rings. The quantitative estimate of drug-likeness (QED) is 0.760. The molecule has 1 saturated carbocycles. The van der Waals surface area contributed by atoms with Crippen LogP contribution in [0.15, 0.2) is 18.2 Å². The largest absolute Gasteiger partial charge is 0.486 e. The molecule has 5 heteroatoms. The van der Waals surface area contributed by atoms with E-state index in [0.717, 1.165) is 37.8 Å². The molecule has 4 nitrogen and oxygen atoms in total. The van der Waals surface area contributed by atoms with E-state index in [1.807, 2.05) is 18.2 Å². The van der Waals surface area contributed by atoms with Gasteiger partial charge in [0, 0.05) is 25.8 Å². The van der Waals surface area contributed by atoms with Crippen LogP contribution in [0.5, 0.6) is 5.75 Å². The molecule has 1 aromatic rings. The predicted molar refractivity (Wildman–Crippen MR) is 83.9 cm³/mol. The fourth-order valence-corrected chi connectivity index (χ4v) is 2.83. The predicted octanol–water partition coefficient (Wildman–Crippen LogP) is 2.76. The molecule has 2 atom stereocenters. The van der Waals surface area contributed by atoms with Gasteiger partial charge >= 0.3 is 0 Å². The minimum atomic E-state index is -0.399. The van der Waals surface area contributed by atoms with Crippen molar-refractivity contribution < 1.29 is 14.6 Å². The number of para-hydroxylation sites is 1. The maximum atomic E-state index is 10.1. The van der Waals surface area contributed by atoms with E-state index in [9.17, 15) is 5.11 Å². The van der Waals surface area contributed by atoms with E-state index in [0.29, 0.717) is 23.9 Å². The first-order valence-corrected chi connectivity index (χ1v) is 7.92. The number of aliphatic hydroxyl groups excluding tert-OH is 1. The lowest BCUT2D eigenvalue weighted by molar-refractivity contribution is 0.00641. The zero-order chi connectivity index (χ0) is 15.1. The second-order valence-electron chi connectivity index (χ2n) is 5.41. The Kier molecular flexibility index (Phi) is 6.77. The van der Waals surface area contributed by atoms with E-state index in [-0.39, 0.29) is 6.10 Å². The number of benzene rings is 1. The van der Waals surface area contributed by atoms with E-state index in [2.05, 4.69) is 5.32 Å². The molecule has 0 aliphatic heterocycles. The molecule has 1 aromatic carbocycles. The number of halogens is 1. The van der Waals surface area contributed by atoms with Crippen LogP contribution in [-0.2, 0) is 11.3 Å². The first kappa shape index (κ1) is 16.6. The smallest absolute Gasteiger partial charge is 0.142 e. The highest BCUT2D eigenvalue weighted by molar-refractivity contribution is 6.32. The Morgan fingerprint density at radius 1 is 1.33 bits per heavy atom. The maximum Gasteiger partial charge on any atom is 0.142 e. The third-order valence-electron chi connectivity index (χ3n) is 3.78. The zero-order valence-electron chi connectivity index (χ0n) is 12.5. The number of methoxy groups -OCH3 is 1. The molecule has 0 heterocycles. The summed E-state index contributed by atoms with van der Waals surface area (Å²) in [6.45, 7) is 2.11. The lowest BCUT2D eigenvalue weighted by atomic mass is 9.95. The van der Waals surface area contributed by atoms with Crippen LogP contribution in [0.25, 0.3) is 0 Å². The van der Waals surface area contributed by atoms with Crippen LogP contribution < -0.4 is 10.1 Å². The molecule has 2 rings (SSSR count). The number of ether oxygens (including phenoxy) is 2. The Labute approximate surface area is 131 Å². The summed E-state index contributed by atoms with van der Waals surface area (Å²) in [7, 11) is 1.68. The second-order valence-corrected chi connectivity index (χ2v) is 5.81. The van der Waals surface area contributed by atoms with Gasteiger partial charge in [-0.25, -0.2) is 0 Å². The van der Waals surface area contributed by atoms with Gasteiger partial charge in [0.15, 0.2) is 0 Å². The van der Waals surface area contributed by atoms with Crippen LogP contribution in [0, 0.1) is 0 Å². The van der Waals surface area contributed by atoms with E-state index >= 15 is 0 Å². The average molecular weight is 314 g/mol. The third kappa shape index (κ3) is 4.85. The molecule has 2 unspecified atom stereocenters. The van der Waals surface area contributed by atoms with Gasteiger partial charge in [0.1, 0.15) is 11.9 Å². The molecule has 0 spiro atoms. The van der Waals surface area contributed by atoms with Gasteiger partial charge in [-0.15, -0.1) is 0 Å². The van der Waals surface area contributed by atoms with Crippen molar-refractivity contribution in [2.75, 3.05) is 20.3 Å². The van der Waals surface area contributed by atoms with Crippen LogP contribution in [0.4, 0.5) is 0 Å². The average Bonchev–Trinajstić information content (AvgIpc) is 2.49. The van der Waals surface area contributed by atoms with Crippen molar-refractivity contribution in [2.45, 2.75) is 44.4 Å². The Bertz CT molecular complexity index is 442. The Balaban J connectivity index is 2.02. The number of nitrogens with one attached hydrogen (secondary N) is 1. The van der Waals surface area contributed by atoms with Crippen molar-refractivity contribution in [2.24, 2.45) is 0 Å². The summed E-state index contributed by atoms with van der Waals surface area (Å²) in [6.07, 6.45) is 3.28. The van der Waals surface area contributed by atoms with Gasteiger partial charge in [-0.3, -0.25) is 0 Å². The standard InChI is InChI=1S/C16H24ClNO3/c1-20-10-9-18-11-12-5-4-6-13(17)16(12)21-15-8-3-2-7-14(15)19/h4-6,14-15,18-19H,2-3,7-11H2,1H3. The monoisotopic (exact) mass is 313 g/mol. The highest BCUT2D eigenvalue weighted by Crippen LogP contribution is 2.32. The first-order chi connectivity index (χ1) is 10.2. The summed E-state index contributed by atoms with van der Waals surface area (Å²) < 4.78 is 11.0. The summed E-state index contributed by atoms with van der Waals surface area (Å²) in [5.41, 5.74) is 1.01. The number of aliphatic hydroxyl groups is 1. The van der Waals surface area contributed by atoms with Gasteiger partial charge in [0.2, 0.25) is 0 Å². The van der Waals surface area contributed by atoms with Crippen LogP contribution in [-0.4, -0.2) is 37.6 Å². The minimum Gasteiger partial charge on any atom is -0.486 e. The molecule has 2 N–H and O–H groups in total. The van der Waals surface area contributed by atoms with E-state index in [1.165, 1.54) is 0 Å². The Morgan fingerprint density at radius 2 is 2.14 bits per heavy atom. The lowest BCUT2D eigenvalue weighted by Crippen LogP contribution is -2.35. The van der Waals surface area contributed by atoms with Crippen molar-refractivity contribution in [1.82, 2.24) is 5.32 Å². The normalized spacial score (nSPS) is 22.2. The fourth-order valence-electron chi connectivity index (χ4n) is 2.59. The molecule has 0 radical (unpaired) electrons. The van der Waals surface area contributed by atoms with E-state index in [4.69, 9.17) is 21.1 Å². The van der Waals surface area contributed by atoms with Crippen molar-refractivity contribution >= 4 is 11.6 Å². The SMILES string of the molecule is COCCNCc1cccc(Cl)c1OC1CCCCC1O. The molecule has 0 bridgehead atoms. The molecular formula is C16H24ClNO3. The number of rotatable bonds is 7. The Morgan fingerprint density at radius 3 is 2.90 bits per heavy atom. The van der Waals surface area contributed by atoms with Crippen LogP contribution >= 0.6 is 11.6 Å². The zero-order valence-corrected chi connectivity index (χ0v) is 13.2. The highest BCUT2D eigenvalue weighted by atomic mass is 35.5. The van der Waals surface area contributed by atoms with E-state index < -0.39 is 6.10 Å². The number of hydrogen-bond acceptors (Lipinski definition) is 4. The van der Waals surface area contributed by atoms with E-state index in [1.54, 1.807) is 7.11 Å². The third-order valence-corrected chi connectivity index (χ3v) is 4.08. The van der Waals surface area contributed by atoms with Crippen LogP contribution in [0.2, 0.25) is 5.02 Å². The summed E-state index contributed by atoms with van der Waals surface area (Å²) >= 11 is 6.28. The highest BCUT2D eigenvalue weighted by Gasteiger charge is 2.26. The summed E-state index contributed by atoms with van der Waals surface area (Å²) in [4.78, 5) is 0. The van der Waals surface area contributed by atoms with Gasteiger partial charge in [-0.1, -0.05) is 30.2 Å². The first-order valence-electron chi connectivity index (χ1n) is 7.54. The molecule has 0 aromatic heterocycles. The number of hydrogen-bond donors (Lipinski definition) is 2. The Hall–Kier alpha value is -0.810. The maximum absolute atomic E-state index is 10.1. The van der Waals surface area contributed by atoms with Gasteiger partial charge in [0.25, 0.3) is 0 Å². The van der Waals surface area contributed by atoms with Crippen LogP contribution in [0.1, 0.15) is 31.2 Å². The lowest BCUT2D eigenvalue weighted by Gasteiger charge is -2.29. The second kappa shape index (κ2) is 8.59. The summed E-state index contributed by atoms with van der Waals surface area (Å²) in [5.74, 6) is 0.690. The molecule has 118 valence electrons. The summed E-state index contributed by atoms with van der Waals surface area (Å²) in [5, 5.41) is 13.9. The topological polar surface area (TPSA) is 50.7 Å². The summed E-state index contributed by atoms with van der Waals surface area (Å²) in [6, 6.07) is 5.74. The van der Waals surface area contributed by atoms with Crippen molar-refractivity contribution in [3.63, 3.8) is 0 Å². The van der Waals surface area contributed by atoms with Crippen molar-refractivity contribution in [3.8, 4) is 5.75 Å². The van der Waals surface area contributed by atoms with Gasteiger partial charge in [-0.05, 0) is 25.3 Å². The molecule has 0 saturated heterocycles.